The maximum atomic E-state index is 6.32. The van der Waals surface area contributed by atoms with Crippen molar-refractivity contribution in [3.63, 3.8) is 0 Å². The number of hydrogen-bond acceptors (Lipinski definition) is 4. The van der Waals surface area contributed by atoms with E-state index in [1.807, 2.05) is 11.6 Å². The van der Waals surface area contributed by atoms with Gasteiger partial charge in [-0.05, 0) is 32.1 Å². The second kappa shape index (κ2) is 5.60. The molecule has 5 heteroatoms. The normalized spacial score (nSPS) is 19.2. The molecular weight excluding hydrogens is 216 g/mol. The van der Waals surface area contributed by atoms with Crippen LogP contribution in [0.1, 0.15) is 44.8 Å². The van der Waals surface area contributed by atoms with Crippen molar-refractivity contribution in [1.29, 1.82) is 0 Å². The molecule has 96 valence electrons. The van der Waals surface area contributed by atoms with Gasteiger partial charge >= 0.3 is 0 Å². The fraction of sp³-hybridized carbons (Fsp3) is 0.833. The Morgan fingerprint density at radius 1 is 1.53 bits per heavy atom. The average Bonchev–Trinajstić information content (AvgIpc) is 3.06. The number of ether oxygens (including phenoxy) is 1. The Morgan fingerprint density at radius 3 is 2.88 bits per heavy atom. The van der Waals surface area contributed by atoms with Crippen LogP contribution in [-0.4, -0.2) is 27.7 Å². The first-order valence-corrected chi connectivity index (χ1v) is 6.53. The first-order valence-electron chi connectivity index (χ1n) is 6.53. The van der Waals surface area contributed by atoms with Crippen molar-refractivity contribution in [2.24, 2.45) is 11.7 Å². The van der Waals surface area contributed by atoms with E-state index in [1.165, 1.54) is 12.8 Å². The summed E-state index contributed by atoms with van der Waals surface area (Å²) in [6, 6.07) is -0.107. The molecule has 5 nitrogen and oxygen atoms in total. The molecule has 0 saturated heterocycles. The van der Waals surface area contributed by atoms with Crippen molar-refractivity contribution in [2.75, 3.05) is 6.61 Å². The zero-order chi connectivity index (χ0) is 12.3. The quantitative estimate of drug-likeness (QED) is 0.782. The highest BCUT2D eigenvalue weighted by Gasteiger charge is 2.37. The van der Waals surface area contributed by atoms with Gasteiger partial charge in [0.15, 0.2) is 0 Å². The summed E-state index contributed by atoms with van der Waals surface area (Å²) < 4.78 is 7.69. The highest BCUT2D eigenvalue weighted by molar-refractivity contribution is 5.07. The van der Waals surface area contributed by atoms with E-state index in [2.05, 4.69) is 17.2 Å². The van der Waals surface area contributed by atoms with Gasteiger partial charge in [-0.3, -0.25) is 0 Å². The van der Waals surface area contributed by atoms with E-state index in [4.69, 9.17) is 10.5 Å². The summed E-state index contributed by atoms with van der Waals surface area (Å²) in [5.41, 5.74) is 7.31. The molecule has 0 radical (unpaired) electrons. The maximum absolute atomic E-state index is 6.32. The van der Waals surface area contributed by atoms with Gasteiger partial charge in [0.05, 0.1) is 24.0 Å². The maximum Gasteiger partial charge on any atom is 0.0811 e. The van der Waals surface area contributed by atoms with Crippen LogP contribution in [-0.2, 0) is 11.3 Å². The van der Waals surface area contributed by atoms with Crippen molar-refractivity contribution in [2.45, 2.75) is 51.8 Å². The van der Waals surface area contributed by atoms with Crippen LogP contribution in [0.3, 0.4) is 0 Å². The minimum absolute atomic E-state index is 0.107. The highest BCUT2D eigenvalue weighted by Crippen LogP contribution is 2.39. The predicted molar refractivity (Wildman–Crippen MR) is 65.4 cm³/mol. The van der Waals surface area contributed by atoms with Gasteiger partial charge in [0.25, 0.3) is 0 Å². The van der Waals surface area contributed by atoms with Crippen molar-refractivity contribution in [1.82, 2.24) is 15.0 Å². The van der Waals surface area contributed by atoms with Crippen LogP contribution in [0.15, 0.2) is 6.20 Å². The molecule has 1 aromatic rings. The lowest BCUT2D eigenvalue weighted by Crippen LogP contribution is -2.32. The highest BCUT2D eigenvalue weighted by atomic mass is 16.5. The summed E-state index contributed by atoms with van der Waals surface area (Å²) in [4.78, 5) is 0. The molecule has 0 spiro atoms. The number of aromatic nitrogens is 3. The molecule has 0 aliphatic heterocycles. The lowest BCUT2D eigenvalue weighted by atomic mass is 10.0. The van der Waals surface area contributed by atoms with E-state index in [0.717, 1.165) is 18.7 Å². The second-order valence-corrected chi connectivity index (χ2v) is 4.67. The van der Waals surface area contributed by atoms with Crippen LogP contribution in [0.2, 0.25) is 0 Å². The van der Waals surface area contributed by atoms with E-state index in [-0.39, 0.29) is 12.1 Å². The number of rotatable bonds is 7. The van der Waals surface area contributed by atoms with Gasteiger partial charge in [-0.2, -0.15) is 0 Å². The van der Waals surface area contributed by atoms with E-state index in [1.54, 1.807) is 6.20 Å². The summed E-state index contributed by atoms with van der Waals surface area (Å²) >= 11 is 0. The van der Waals surface area contributed by atoms with Gasteiger partial charge in [0, 0.05) is 13.2 Å². The minimum Gasteiger partial charge on any atom is -0.376 e. The summed E-state index contributed by atoms with van der Waals surface area (Å²) in [7, 11) is 0. The molecule has 1 saturated carbocycles. The van der Waals surface area contributed by atoms with Gasteiger partial charge in [-0.1, -0.05) is 12.1 Å². The monoisotopic (exact) mass is 238 g/mol. The van der Waals surface area contributed by atoms with Crippen LogP contribution in [0, 0.1) is 5.92 Å². The van der Waals surface area contributed by atoms with Gasteiger partial charge in [0.2, 0.25) is 0 Å². The molecule has 2 N–H and O–H groups in total. The molecule has 0 amide bonds. The van der Waals surface area contributed by atoms with Crippen LogP contribution in [0.4, 0.5) is 0 Å². The first-order chi connectivity index (χ1) is 8.27. The Morgan fingerprint density at radius 2 is 2.29 bits per heavy atom. The Labute approximate surface area is 102 Å². The molecule has 2 atom stereocenters. The molecule has 1 aromatic heterocycles. The molecule has 1 aliphatic rings. The summed E-state index contributed by atoms with van der Waals surface area (Å²) in [6.45, 7) is 5.72. The Kier molecular flexibility index (Phi) is 4.12. The lowest BCUT2D eigenvalue weighted by Gasteiger charge is -2.23. The molecule has 1 fully saturated rings. The van der Waals surface area contributed by atoms with Crippen LogP contribution < -0.4 is 5.73 Å². The molecular formula is C12H22N4O. The molecule has 1 aliphatic carbocycles. The summed E-state index contributed by atoms with van der Waals surface area (Å²) in [5.74, 6) is 0.620. The topological polar surface area (TPSA) is 66.0 Å². The third-order valence-electron chi connectivity index (χ3n) is 3.22. The Balaban J connectivity index is 2.10. The molecule has 1 heterocycles. The van der Waals surface area contributed by atoms with Crippen molar-refractivity contribution >= 4 is 0 Å². The third kappa shape index (κ3) is 2.84. The molecule has 2 rings (SSSR count). The molecule has 0 aromatic carbocycles. The van der Waals surface area contributed by atoms with E-state index >= 15 is 0 Å². The minimum atomic E-state index is -0.107. The van der Waals surface area contributed by atoms with Crippen molar-refractivity contribution in [3.8, 4) is 0 Å². The molecule has 2 unspecified atom stereocenters. The Bertz CT molecular complexity index is 348. The number of hydrogen-bond donors (Lipinski definition) is 1. The average molecular weight is 238 g/mol. The standard InChI is InChI=1S/C12H22N4O/c1-3-7-16-10(8-14-15-16)11(13)12(17-4-2)9-5-6-9/h8-9,11-12H,3-7,13H2,1-2H3. The Hall–Kier alpha value is -0.940. The first kappa shape index (κ1) is 12.5. The predicted octanol–water partition coefficient (Wildman–Crippen LogP) is 1.50. The number of nitrogens with two attached hydrogens (primary N) is 1. The fourth-order valence-corrected chi connectivity index (χ4v) is 2.23. The fourth-order valence-electron chi connectivity index (χ4n) is 2.23. The third-order valence-corrected chi connectivity index (χ3v) is 3.22. The zero-order valence-electron chi connectivity index (χ0n) is 10.7. The van der Waals surface area contributed by atoms with Gasteiger partial charge in [0.1, 0.15) is 0 Å². The van der Waals surface area contributed by atoms with E-state index in [0.29, 0.717) is 12.5 Å². The summed E-state index contributed by atoms with van der Waals surface area (Å²) in [5, 5.41) is 8.04. The largest absolute Gasteiger partial charge is 0.376 e. The van der Waals surface area contributed by atoms with Crippen LogP contribution in [0.5, 0.6) is 0 Å². The van der Waals surface area contributed by atoms with Crippen molar-refractivity contribution in [3.05, 3.63) is 11.9 Å². The van der Waals surface area contributed by atoms with Gasteiger partial charge in [-0.15, -0.1) is 5.10 Å². The van der Waals surface area contributed by atoms with Gasteiger partial charge in [-0.25, -0.2) is 4.68 Å². The molecule has 0 bridgehead atoms. The SMILES string of the molecule is CCCn1nncc1C(N)C(OCC)C1CC1. The summed E-state index contributed by atoms with van der Waals surface area (Å²) in [6.07, 6.45) is 5.39. The van der Waals surface area contributed by atoms with Crippen LogP contribution in [0.25, 0.3) is 0 Å². The van der Waals surface area contributed by atoms with Crippen molar-refractivity contribution < 1.29 is 4.74 Å². The smallest absolute Gasteiger partial charge is 0.0811 e. The second-order valence-electron chi connectivity index (χ2n) is 4.67. The van der Waals surface area contributed by atoms with Gasteiger partial charge < -0.3 is 10.5 Å². The molecule has 17 heavy (non-hydrogen) atoms. The number of aryl methyl sites for hydroxylation is 1. The van der Waals surface area contributed by atoms with E-state index < -0.39 is 0 Å². The number of nitrogens with zero attached hydrogens (tertiary/aromatic N) is 3. The van der Waals surface area contributed by atoms with Crippen LogP contribution >= 0.6 is 0 Å². The zero-order valence-corrected chi connectivity index (χ0v) is 10.7. The van der Waals surface area contributed by atoms with E-state index in [9.17, 15) is 0 Å². The lowest BCUT2D eigenvalue weighted by molar-refractivity contribution is 0.0263.